The average Bonchev–Trinajstić information content (AvgIpc) is 3.19. The summed E-state index contributed by atoms with van der Waals surface area (Å²) < 4.78 is 5.03. The lowest BCUT2D eigenvalue weighted by atomic mass is 9.86. The maximum absolute atomic E-state index is 12.3. The van der Waals surface area contributed by atoms with Gasteiger partial charge in [-0.15, -0.1) is 11.3 Å². The van der Waals surface area contributed by atoms with Crippen LogP contribution in [0.5, 0.6) is 0 Å². The molecule has 0 aromatic carbocycles. The van der Waals surface area contributed by atoms with Crippen LogP contribution < -0.4 is 5.32 Å². The molecule has 0 aliphatic heterocycles. The number of hydrogen-bond acceptors (Lipinski definition) is 5. The van der Waals surface area contributed by atoms with E-state index in [1.54, 1.807) is 17.9 Å². The molecule has 2 atom stereocenters. The fourth-order valence-electron chi connectivity index (χ4n) is 2.80. The molecule has 2 N–H and O–H groups in total. The van der Waals surface area contributed by atoms with E-state index in [1.165, 1.54) is 11.3 Å². The number of carbonyl (C=O) groups excluding carboxylic acids is 1. The molecule has 0 saturated heterocycles. The van der Waals surface area contributed by atoms with E-state index in [9.17, 15) is 9.90 Å². The Morgan fingerprint density at radius 1 is 1.67 bits per heavy atom. The first kappa shape index (κ1) is 14.3. The summed E-state index contributed by atoms with van der Waals surface area (Å²) in [4.78, 5) is 16.7. The molecular weight excluding hydrogens is 288 g/mol. The van der Waals surface area contributed by atoms with Crippen molar-refractivity contribution in [2.75, 3.05) is 6.61 Å². The highest BCUT2D eigenvalue weighted by Gasteiger charge is 2.39. The van der Waals surface area contributed by atoms with E-state index in [0.29, 0.717) is 5.69 Å². The molecule has 112 valence electrons. The number of aliphatic hydroxyl groups is 1. The van der Waals surface area contributed by atoms with Crippen molar-refractivity contribution in [1.29, 1.82) is 0 Å². The molecule has 5 nitrogen and oxygen atoms in total. The summed E-state index contributed by atoms with van der Waals surface area (Å²) in [5.41, 5.74) is 1.07. The molecule has 1 saturated carbocycles. The quantitative estimate of drug-likeness (QED) is 0.910. The molecule has 0 radical (unpaired) electrons. The van der Waals surface area contributed by atoms with E-state index in [0.717, 1.165) is 29.8 Å². The fourth-order valence-corrected chi connectivity index (χ4v) is 3.58. The summed E-state index contributed by atoms with van der Waals surface area (Å²) in [6.45, 7) is 2.11. The molecule has 21 heavy (non-hydrogen) atoms. The summed E-state index contributed by atoms with van der Waals surface area (Å²) in [6, 6.07) is 1.83. The number of nitrogens with zero attached hydrogens (tertiary/aromatic N) is 1. The Morgan fingerprint density at radius 2 is 2.52 bits per heavy atom. The predicted octanol–water partition coefficient (Wildman–Crippen LogP) is 2.68. The SMILES string of the molecule is CC1(CO)CCCC1NC(=O)c1csc(-c2ccoc2)n1. The van der Waals surface area contributed by atoms with Gasteiger partial charge in [0.25, 0.3) is 5.91 Å². The highest BCUT2D eigenvalue weighted by atomic mass is 32.1. The van der Waals surface area contributed by atoms with Crippen LogP contribution in [0.2, 0.25) is 0 Å². The second-order valence-corrected chi connectivity index (χ2v) is 6.64. The minimum Gasteiger partial charge on any atom is -0.472 e. The second kappa shape index (κ2) is 5.61. The lowest BCUT2D eigenvalue weighted by molar-refractivity contribution is 0.0826. The number of aliphatic hydroxyl groups excluding tert-OH is 1. The number of furan rings is 1. The summed E-state index contributed by atoms with van der Waals surface area (Å²) in [5, 5.41) is 15.1. The first-order valence-corrected chi connectivity index (χ1v) is 7.90. The van der Waals surface area contributed by atoms with Crippen molar-refractivity contribution in [3.05, 3.63) is 29.7 Å². The molecule has 2 aromatic heterocycles. The Kier molecular flexibility index (Phi) is 3.82. The number of hydrogen-bond donors (Lipinski definition) is 2. The van der Waals surface area contributed by atoms with Crippen LogP contribution in [0.1, 0.15) is 36.7 Å². The Bertz CT molecular complexity index is 623. The number of rotatable bonds is 4. The normalized spacial score (nSPS) is 25.1. The van der Waals surface area contributed by atoms with E-state index in [4.69, 9.17) is 4.42 Å². The minimum absolute atomic E-state index is 0.00840. The Labute approximate surface area is 127 Å². The van der Waals surface area contributed by atoms with Crippen LogP contribution in [0.15, 0.2) is 28.4 Å². The molecule has 1 aliphatic rings. The van der Waals surface area contributed by atoms with Crippen molar-refractivity contribution in [1.82, 2.24) is 10.3 Å². The van der Waals surface area contributed by atoms with Crippen molar-refractivity contribution in [2.24, 2.45) is 5.41 Å². The van der Waals surface area contributed by atoms with Gasteiger partial charge < -0.3 is 14.8 Å². The lowest BCUT2D eigenvalue weighted by Gasteiger charge is -2.29. The fraction of sp³-hybridized carbons (Fsp3) is 0.467. The van der Waals surface area contributed by atoms with Crippen LogP contribution in [0, 0.1) is 5.41 Å². The van der Waals surface area contributed by atoms with Crippen LogP contribution in [0.3, 0.4) is 0 Å². The number of nitrogens with one attached hydrogen (secondary N) is 1. The highest BCUT2D eigenvalue weighted by molar-refractivity contribution is 7.13. The van der Waals surface area contributed by atoms with Crippen molar-refractivity contribution in [3.8, 4) is 10.6 Å². The average molecular weight is 306 g/mol. The van der Waals surface area contributed by atoms with Crippen LogP contribution >= 0.6 is 11.3 Å². The topological polar surface area (TPSA) is 75.4 Å². The van der Waals surface area contributed by atoms with Crippen LogP contribution in [-0.2, 0) is 0 Å². The zero-order valence-corrected chi connectivity index (χ0v) is 12.7. The van der Waals surface area contributed by atoms with Gasteiger partial charge in [0, 0.05) is 22.4 Å². The largest absolute Gasteiger partial charge is 0.472 e. The molecule has 2 heterocycles. The van der Waals surface area contributed by atoms with Gasteiger partial charge in [0.15, 0.2) is 0 Å². The summed E-state index contributed by atoms with van der Waals surface area (Å²) in [7, 11) is 0. The van der Waals surface area contributed by atoms with Gasteiger partial charge in [-0.05, 0) is 18.9 Å². The van der Waals surface area contributed by atoms with Crippen molar-refractivity contribution in [2.45, 2.75) is 32.2 Å². The maximum Gasteiger partial charge on any atom is 0.271 e. The number of aromatic nitrogens is 1. The third-order valence-corrected chi connectivity index (χ3v) is 5.14. The standard InChI is InChI=1S/C15H18N2O3S/c1-15(9-18)5-2-3-12(15)17-13(19)11-8-21-14(16-11)10-4-6-20-7-10/h4,6-8,12,18H,2-3,5,9H2,1H3,(H,17,19). The monoisotopic (exact) mass is 306 g/mol. The van der Waals surface area contributed by atoms with E-state index < -0.39 is 0 Å². The number of thiazole rings is 1. The van der Waals surface area contributed by atoms with Crippen molar-refractivity contribution >= 4 is 17.2 Å². The van der Waals surface area contributed by atoms with Gasteiger partial charge in [-0.3, -0.25) is 4.79 Å². The van der Waals surface area contributed by atoms with Crippen LogP contribution in [0.4, 0.5) is 0 Å². The molecule has 0 bridgehead atoms. The van der Waals surface area contributed by atoms with Crippen LogP contribution in [0.25, 0.3) is 10.6 Å². The molecule has 1 aliphatic carbocycles. The molecule has 2 aromatic rings. The molecule has 0 spiro atoms. The molecule has 2 unspecified atom stereocenters. The second-order valence-electron chi connectivity index (χ2n) is 5.78. The molecule has 1 fully saturated rings. The van der Waals surface area contributed by atoms with Gasteiger partial charge >= 0.3 is 0 Å². The Hall–Kier alpha value is -1.66. The number of carbonyl (C=O) groups is 1. The lowest BCUT2D eigenvalue weighted by Crippen LogP contribution is -2.44. The van der Waals surface area contributed by atoms with Gasteiger partial charge in [0.2, 0.25) is 0 Å². The van der Waals surface area contributed by atoms with E-state index in [1.807, 2.05) is 13.0 Å². The third-order valence-electron chi connectivity index (χ3n) is 4.25. The minimum atomic E-state index is -0.223. The zero-order chi connectivity index (χ0) is 14.9. The summed E-state index contributed by atoms with van der Waals surface area (Å²) >= 11 is 1.42. The van der Waals surface area contributed by atoms with Gasteiger partial charge in [-0.25, -0.2) is 4.98 Å². The smallest absolute Gasteiger partial charge is 0.271 e. The van der Waals surface area contributed by atoms with Crippen LogP contribution in [-0.4, -0.2) is 28.6 Å². The van der Waals surface area contributed by atoms with Gasteiger partial charge in [-0.1, -0.05) is 13.3 Å². The first-order valence-electron chi connectivity index (χ1n) is 7.02. The summed E-state index contributed by atoms with van der Waals surface area (Å²) in [6.07, 6.45) is 6.06. The Morgan fingerprint density at radius 3 is 3.24 bits per heavy atom. The molecule has 6 heteroatoms. The molecule has 3 rings (SSSR count). The van der Waals surface area contributed by atoms with Gasteiger partial charge in [0.1, 0.15) is 17.0 Å². The van der Waals surface area contributed by atoms with Gasteiger partial charge in [-0.2, -0.15) is 0 Å². The maximum atomic E-state index is 12.3. The summed E-state index contributed by atoms with van der Waals surface area (Å²) in [5.74, 6) is -0.174. The van der Waals surface area contributed by atoms with Crippen molar-refractivity contribution < 1.29 is 14.3 Å². The van der Waals surface area contributed by atoms with Gasteiger partial charge in [0.05, 0.1) is 12.9 Å². The van der Waals surface area contributed by atoms with E-state index in [2.05, 4.69) is 10.3 Å². The zero-order valence-electron chi connectivity index (χ0n) is 11.8. The first-order chi connectivity index (χ1) is 10.1. The highest BCUT2D eigenvalue weighted by Crippen LogP contribution is 2.37. The molecular formula is C15H18N2O3S. The predicted molar refractivity (Wildman–Crippen MR) is 80.1 cm³/mol. The van der Waals surface area contributed by atoms with E-state index >= 15 is 0 Å². The van der Waals surface area contributed by atoms with Crippen molar-refractivity contribution in [3.63, 3.8) is 0 Å². The number of amides is 1. The Balaban J connectivity index is 1.71. The third kappa shape index (κ3) is 2.73. The van der Waals surface area contributed by atoms with E-state index in [-0.39, 0.29) is 24.0 Å². The molecule has 1 amide bonds.